The zero-order chi connectivity index (χ0) is 28.5. The van der Waals surface area contributed by atoms with Crippen LogP contribution < -0.4 is 10.6 Å². The molecule has 3 aromatic rings. The van der Waals surface area contributed by atoms with E-state index < -0.39 is 11.1 Å². The Labute approximate surface area is 231 Å². The van der Waals surface area contributed by atoms with Crippen LogP contribution in [0.3, 0.4) is 0 Å². The zero-order valence-electron chi connectivity index (χ0n) is 24.4. The van der Waals surface area contributed by atoms with Crippen LogP contribution in [0.15, 0.2) is 42.6 Å². The van der Waals surface area contributed by atoms with Gasteiger partial charge in [-0.05, 0) is 109 Å². The lowest BCUT2D eigenvalue weighted by molar-refractivity contribution is 0.0160. The van der Waals surface area contributed by atoms with Gasteiger partial charge in [-0.25, -0.2) is 14.8 Å². The van der Waals surface area contributed by atoms with Crippen molar-refractivity contribution in [1.82, 2.24) is 20.2 Å². The van der Waals surface area contributed by atoms with Crippen LogP contribution in [0, 0.1) is 6.92 Å². The second-order valence-electron chi connectivity index (χ2n) is 12.5. The molecule has 8 heteroatoms. The van der Waals surface area contributed by atoms with Crippen molar-refractivity contribution in [1.29, 1.82) is 0 Å². The van der Waals surface area contributed by atoms with Gasteiger partial charge in [0.15, 0.2) is 0 Å². The molecule has 0 spiro atoms. The maximum atomic E-state index is 12.8. The molecule has 2 amide bonds. The van der Waals surface area contributed by atoms with Crippen LogP contribution in [-0.4, -0.2) is 56.6 Å². The number of nitrogens with one attached hydrogen (secondary N) is 2. The van der Waals surface area contributed by atoms with Gasteiger partial charge in [-0.15, -0.1) is 0 Å². The fourth-order valence-corrected chi connectivity index (χ4v) is 4.38. The van der Waals surface area contributed by atoms with Gasteiger partial charge in [-0.3, -0.25) is 4.79 Å². The molecular formula is C31H41N5O3. The summed E-state index contributed by atoms with van der Waals surface area (Å²) in [6.45, 7) is 16.0. The molecule has 0 aliphatic heterocycles. The minimum absolute atomic E-state index is 0.0242. The van der Waals surface area contributed by atoms with Crippen LogP contribution in [0.25, 0.3) is 22.0 Å². The Balaban J connectivity index is 1.52. The Morgan fingerprint density at radius 2 is 1.79 bits per heavy atom. The quantitative estimate of drug-likeness (QED) is 0.352. The number of ether oxygens (including phenoxy) is 1. The van der Waals surface area contributed by atoms with E-state index in [9.17, 15) is 9.59 Å². The van der Waals surface area contributed by atoms with Gasteiger partial charge in [-0.2, -0.15) is 0 Å². The van der Waals surface area contributed by atoms with Crippen molar-refractivity contribution in [3.63, 3.8) is 0 Å². The molecule has 39 heavy (non-hydrogen) atoms. The maximum Gasteiger partial charge on any atom is 0.410 e. The van der Waals surface area contributed by atoms with Gasteiger partial charge >= 0.3 is 6.09 Å². The Morgan fingerprint density at radius 3 is 2.44 bits per heavy atom. The number of fused-ring (bicyclic) bond motifs is 1. The molecule has 4 rings (SSSR count). The normalized spacial score (nSPS) is 13.9. The second-order valence-corrected chi connectivity index (χ2v) is 12.5. The number of carbonyl (C=O) groups is 2. The Morgan fingerprint density at radius 1 is 1.08 bits per heavy atom. The number of rotatable bonds is 8. The molecule has 2 N–H and O–H groups in total. The zero-order valence-corrected chi connectivity index (χ0v) is 24.4. The summed E-state index contributed by atoms with van der Waals surface area (Å²) in [6, 6.07) is 12.2. The summed E-state index contributed by atoms with van der Waals surface area (Å²) in [6.07, 6.45) is 3.58. The molecule has 1 heterocycles. The van der Waals surface area contributed by atoms with E-state index in [1.165, 1.54) is 0 Å². The molecular weight excluding hydrogens is 490 g/mol. The van der Waals surface area contributed by atoms with Gasteiger partial charge in [0.2, 0.25) is 5.95 Å². The summed E-state index contributed by atoms with van der Waals surface area (Å²) in [7, 11) is 0. The largest absolute Gasteiger partial charge is 0.444 e. The fraction of sp³-hybridized carbons (Fsp3) is 0.484. The molecule has 1 fully saturated rings. The van der Waals surface area contributed by atoms with Gasteiger partial charge in [0.25, 0.3) is 5.91 Å². The van der Waals surface area contributed by atoms with Crippen LogP contribution in [0.1, 0.15) is 77.2 Å². The number of anilines is 1. The van der Waals surface area contributed by atoms with Gasteiger partial charge < -0.3 is 20.3 Å². The van der Waals surface area contributed by atoms with Gasteiger partial charge in [0.05, 0.1) is 11.1 Å². The molecule has 0 unspecified atom stereocenters. The first-order valence-electron chi connectivity index (χ1n) is 13.7. The van der Waals surface area contributed by atoms with Crippen LogP contribution >= 0.6 is 0 Å². The van der Waals surface area contributed by atoms with Crippen LogP contribution in [0.5, 0.6) is 0 Å². The average Bonchev–Trinajstić information content (AvgIpc) is 3.65. The Hall–Kier alpha value is -3.68. The molecule has 0 radical (unpaired) electrons. The number of aryl methyl sites for hydroxylation is 1. The summed E-state index contributed by atoms with van der Waals surface area (Å²) in [5.74, 6) is 0.465. The molecule has 1 aromatic heterocycles. The van der Waals surface area contributed by atoms with Crippen molar-refractivity contribution in [2.45, 2.75) is 91.5 Å². The van der Waals surface area contributed by atoms with Gasteiger partial charge in [-0.1, -0.05) is 12.1 Å². The minimum atomic E-state index is -0.565. The van der Waals surface area contributed by atoms with E-state index >= 15 is 0 Å². The Bertz CT molecular complexity index is 1370. The van der Waals surface area contributed by atoms with E-state index in [1.807, 2.05) is 85.7 Å². The third-order valence-electron chi connectivity index (χ3n) is 6.57. The molecule has 0 saturated heterocycles. The predicted molar refractivity (Wildman–Crippen MR) is 156 cm³/mol. The number of carbonyl (C=O) groups excluding carboxylic acids is 2. The SMILES string of the molecule is Cc1ccc(C(=O)NC2CC2)cc1-c1ccc2nc(NC(C)(C)CN(C(=O)OC(C)(C)C)C(C)C)ncc2c1. The van der Waals surface area contributed by atoms with Gasteiger partial charge in [0, 0.05) is 35.8 Å². The number of hydrogen-bond acceptors (Lipinski definition) is 6. The molecule has 1 aliphatic rings. The van der Waals surface area contributed by atoms with E-state index in [0.717, 1.165) is 40.4 Å². The maximum absolute atomic E-state index is 12.8. The molecule has 208 valence electrons. The average molecular weight is 532 g/mol. The lowest BCUT2D eigenvalue weighted by Gasteiger charge is -2.36. The number of aromatic nitrogens is 2. The molecule has 2 aromatic carbocycles. The smallest absolute Gasteiger partial charge is 0.410 e. The third kappa shape index (κ3) is 7.46. The highest BCUT2D eigenvalue weighted by atomic mass is 16.6. The van der Waals surface area contributed by atoms with E-state index in [0.29, 0.717) is 24.1 Å². The lowest BCUT2D eigenvalue weighted by atomic mass is 9.97. The summed E-state index contributed by atoms with van der Waals surface area (Å²) < 4.78 is 5.62. The van der Waals surface area contributed by atoms with Crippen molar-refractivity contribution in [3.8, 4) is 11.1 Å². The predicted octanol–water partition coefficient (Wildman–Crippen LogP) is 6.33. The van der Waals surface area contributed by atoms with Crippen LogP contribution in [-0.2, 0) is 4.74 Å². The van der Waals surface area contributed by atoms with Crippen molar-refractivity contribution < 1.29 is 14.3 Å². The van der Waals surface area contributed by atoms with Crippen LogP contribution in [0.2, 0.25) is 0 Å². The monoisotopic (exact) mass is 531 g/mol. The number of nitrogens with zero attached hydrogens (tertiary/aromatic N) is 3. The van der Waals surface area contributed by atoms with Crippen molar-refractivity contribution in [3.05, 3.63) is 53.7 Å². The lowest BCUT2D eigenvalue weighted by Crippen LogP contribution is -2.50. The number of amides is 2. The molecule has 0 atom stereocenters. The summed E-state index contributed by atoms with van der Waals surface area (Å²) in [4.78, 5) is 36.4. The summed E-state index contributed by atoms with van der Waals surface area (Å²) >= 11 is 0. The van der Waals surface area contributed by atoms with E-state index in [2.05, 4.69) is 21.7 Å². The van der Waals surface area contributed by atoms with Crippen LogP contribution in [0.4, 0.5) is 10.7 Å². The highest BCUT2D eigenvalue weighted by Gasteiger charge is 2.30. The van der Waals surface area contributed by atoms with E-state index in [-0.39, 0.29) is 18.0 Å². The molecule has 1 saturated carbocycles. The molecule has 0 bridgehead atoms. The van der Waals surface area contributed by atoms with Crippen molar-refractivity contribution in [2.75, 3.05) is 11.9 Å². The summed E-state index contributed by atoms with van der Waals surface area (Å²) in [5, 5.41) is 7.36. The first-order valence-corrected chi connectivity index (χ1v) is 13.7. The van der Waals surface area contributed by atoms with Crippen molar-refractivity contribution in [2.24, 2.45) is 0 Å². The fourth-order valence-electron chi connectivity index (χ4n) is 4.38. The van der Waals surface area contributed by atoms with Crippen molar-refractivity contribution >= 4 is 28.9 Å². The second kappa shape index (κ2) is 10.8. The number of hydrogen-bond donors (Lipinski definition) is 2. The standard InChI is InChI=1S/C31H41N5O3/c1-19(2)36(29(38)39-30(4,5)6)18-31(7,8)35-28-32-17-23-15-21(11-14-26(23)34-28)25-16-22(10-9-20(25)3)27(37)33-24-12-13-24/h9-11,14-17,19,24H,12-13,18H2,1-8H3,(H,33,37)(H,32,34,35). The van der Waals surface area contributed by atoms with E-state index in [4.69, 9.17) is 9.72 Å². The molecule has 1 aliphatic carbocycles. The summed E-state index contributed by atoms with van der Waals surface area (Å²) in [5.41, 5.74) is 3.52. The Kier molecular flexibility index (Phi) is 7.87. The van der Waals surface area contributed by atoms with Gasteiger partial charge in [0.1, 0.15) is 5.60 Å². The highest BCUT2D eigenvalue weighted by Crippen LogP contribution is 2.29. The molecule has 8 nitrogen and oxygen atoms in total. The first-order chi connectivity index (χ1) is 18.2. The minimum Gasteiger partial charge on any atom is -0.444 e. The highest BCUT2D eigenvalue weighted by molar-refractivity contribution is 5.96. The number of benzene rings is 2. The van der Waals surface area contributed by atoms with E-state index in [1.54, 1.807) is 11.1 Å². The third-order valence-corrected chi connectivity index (χ3v) is 6.57. The first kappa shape index (κ1) is 28.3. The topological polar surface area (TPSA) is 96.5 Å².